The molecule has 6 nitrogen and oxygen atoms in total. The lowest BCUT2D eigenvalue weighted by Crippen LogP contribution is -2.52. The van der Waals surface area contributed by atoms with Crippen LogP contribution in [-0.4, -0.2) is 51.7 Å². The molecule has 0 aromatic rings. The summed E-state index contributed by atoms with van der Waals surface area (Å²) in [5, 5.41) is 5.21. The van der Waals surface area contributed by atoms with Crippen molar-refractivity contribution < 1.29 is 13.2 Å². The molecule has 0 saturated carbocycles. The first-order valence-corrected chi connectivity index (χ1v) is 7.23. The first-order valence-electron chi connectivity index (χ1n) is 5.38. The molecule has 102 valence electrons. The van der Waals surface area contributed by atoms with Gasteiger partial charge in [0.25, 0.3) is 0 Å². The Morgan fingerprint density at radius 1 is 1.35 bits per heavy atom. The zero-order chi connectivity index (χ0) is 13.9. The molecule has 0 heterocycles. The van der Waals surface area contributed by atoms with E-state index in [0.29, 0.717) is 0 Å². The molecule has 0 saturated heterocycles. The maximum atomic E-state index is 11.3. The summed E-state index contributed by atoms with van der Waals surface area (Å²) >= 11 is 0. The van der Waals surface area contributed by atoms with Crippen molar-refractivity contribution in [3.8, 4) is 0 Å². The SMILES string of the molecule is CNC(=O)NC(CN(C)S(C)(=O)=O)C(C)(C)C. The first kappa shape index (κ1) is 16.2. The van der Waals surface area contributed by atoms with Crippen LogP contribution in [0.2, 0.25) is 0 Å². The number of carbonyl (C=O) groups excluding carboxylic acids is 1. The molecular formula is C10H23N3O3S. The van der Waals surface area contributed by atoms with E-state index >= 15 is 0 Å². The Morgan fingerprint density at radius 3 is 2.12 bits per heavy atom. The van der Waals surface area contributed by atoms with E-state index in [1.165, 1.54) is 18.4 Å². The summed E-state index contributed by atoms with van der Waals surface area (Å²) in [5.74, 6) is 0. The van der Waals surface area contributed by atoms with Gasteiger partial charge in [-0.3, -0.25) is 0 Å². The zero-order valence-electron chi connectivity index (χ0n) is 11.4. The monoisotopic (exact) mass is 265 g/mol. The lowest BCUT2D eigenvalue weighted by Gasteiger charge is -2.33. The van der Waals surface area contributed by atoms with E-state index in [2.05, 4.69) is 10.6 Å². The second-order valence-electron chi connectivity index (χ2n) is 5.19. The van der Waals surface area contributed by atoms with Crippen LogP contribution >= 0.6 is 0 Å². The summed E-state index contributed by atoms with van der Waals surface area (Å²) in [6, 6.07) is -0.575. The van der Waals surface area contributed by atoms with Gasteiger partial charge < -0.3 is 10.6 Å². The van der Waals surface area contributed by atoms with Gasteiger partial charge in [0.1, 0.15) is 0 Å². The van der Waals surface area contributed by atoms with Crippen molar-refractivity contribution in [2.75, 3.05) is 26.9 Å². The second kappa shape index (κ2) is 5.68. The van der Waals surface area contributed by atoms with Gasteiger partial charge in [-0.1, -0.05) is 20.8 Å². The van der Waals surface area contributed by atoms with Crippen LogP contribution in [0, 0.1) is 5.41 Å². The molecule has 0 bridgehead atoms. The third-order valence-corrected chi connectivity index (χ3v) is 3.86. The highest BCUT2D eigenvalue weighted by atomic mass is 32.2. The van der Waals surface area contributed by atoms with E-state index in [4.69, 9.17) is 0 Å². The molecule has 0 aliphatic heterocycles. The Morgan fingerprint density at radius 2 is 1.82 bits per heavy atom. The molecule has 1 unspecified atom stereocenters. The van der Waals surface area contributed by atoms with E-state index in [1.54, 1.807) is 0 Å². The summed E-state index contributed by atoms with van der Waals surface area (Å²) in [6.45, 7) is 6.09. The lowest BCUT2D eigenvalue weighted by atomic mass is 9.87. The molecule has 0 radical (unpaired) electrons. The molecule has 7 heteroatoms. The number of likely N-dealkylation sites (N-methyl/N-ethyl adjacent to an activating group) is 1. The summed E-state index contributed by atoms with van der Waals surface area (Å²) < 4.78 is 23.9. The number of hydrogen-bond acceptors (Lipinski definition) is 3. The van der Waals surface area contributed by atoms with Crippen molar-refractivity contribution >= 4 is 16.1 Å². The Hall–Kier alpha value is -0.820. The quantitative estimate of drug-likeness (QED) is 0.763. The lowest BCUT2D eigenvalue weighted by molar-refractivity contribution is 0.209. The Bertz CT molecular complexity index is 359. The highest BCUT2D eigenvalue weighted by molar-refractivity contribution is 7.88. The first-order chi connectivity index (χ1) is 7.48. The largest absolute Gasteiger partial charge is 0.341 e. The number of sulfonamides is 1. The fraction of sp³-hybridized carbons (Fsp3) is 0.900. The van der Waals surface area contributed by atoms with Crippen LogP contribution in [0.5, 0.6) is 0 Å². The van der Waals surface area contributed by atoms with Gasteiger partial charge in [0.05, 0.1) is 6.26 Å². The van der Waals surface area contributed by atoms with Crippen molar-refractivity contribution in [2.45, 2.75) is 26.8 Å². The Balaban J connectivity index is 4.79. The smallest absolute Gasteiger partial charge is 0.314 e. The van der Waals surface area contributed by atoms with Crippen molar-refractivity contribution in [1.29, 1.82) is 0 Å². The second-order valence-corrected chi connectivity index (χ2v) is 7.27. The van der Waals surface area contributed by atoms with Gasteiger partial charge in [-0.2, -0.15) is 0 Å². The van der Waals surface area contributed by atoms with Crippen LogP contribution in [0.1, 0.15) is 20.8 Å². The van der Waals surface area contributed by atoms with Crippen LogP contribution < -0.4 is 10.6 Å². The maximum absolute atomic E-state index is 11.3. The molecular weight excluding hydrogens is 242 g/mol. The molecule has 0 aromatic carbocycles. The van der Waals surface area contributed by atoms with Crippen LogP contribution in [-0.2, 0) is 10.0 Å². The normalized spacial score (nSPS) is 14.5. The summed E-state index contributed by atoms with van der Waals surface area (Å²) in [6.07, 6.45) is 1.15. The van der Waals surface area contributed by atoms with E-state index in [-0.39, 0.29) is 24.0 Å². The fourth-order valence-electron chi connectivity index (χ4n) is 1.16. The zero-order valence-corrected chi connectivity index (χ0v) is 12.2. The Labute approximate surface area is 104 Å². The minimum Gasteiger partial charge on any atom is -0.341 e. The molecule has 0 spiro atoms. The van der Waals surface area contributed by atoms with Gasteiger partial charge in [-0.15, -0.1) is 0 Å². The number of nitrogens with one attached hydrogen (secondary N) is 2. The number of urea groups is 1. The highest BCUT2D eigenvalue weighted by Gasteiger charge is 2.29. The molecule has 0 aromatic heterocycles. The van der Waals surface area contributed by atoms with Gasteiger partial charge in [-0.25, -0.2) is 17.5 Å². The fourth-order valence-corrected chi connectivity index (χ4v) is 1.58. The van der Waals surface area contributed by atoms with Gasteiger partial charge in [0, 0.05) is 26.7 Å². The van der Waals surface area contributed by atoms with Crippen molar-refractivity contribution in [1.82, 2.24) is 14.9 Å². The van der Waals surface area contributed by atoms with Gasteiger partial charge in [0.2, 0.25) is 10.0 Å². The van der Waals surface area contributed by atoms with Crippen molar-refractivity contribution in [2.24, 2.45) is 5.41 Å². The summed E-state index contributed by atoms with van der Waals surface area (Å²) in [4.78, 5) is 11.3. The summed E-state index contributed by atoms with van der Waals surface area (Å²) in [7, 11) is -0.216. The van der Waals surface area contributed by atoms with Gasteiger partial charge in [-0.05, 0) is 5.41 Å². The number of carbonyl (C=O) groups is 1. The number of nitrogens with zero attached hydrogens (tertiary/aromatic N) is 1. The number of amides is 2. The van der Waals surface area contributed by atoms with Gasteiger partial charge in [0.15, 0.2) is 0 Å². The van der Waals surface area contributed by atoms with Crippen LogP contribution in [0.25, 0.3) is 0 Å². The van der Waals surface area contributed by atoms with E-state index < -0.39 is 10.0 Å². The van der Waals surface area contributed by atoms with E-state index in [1.807, 2.05) is 20.8 Å². The molecule has 0 fully saturated rings. The minimum atomic E-state index is -3.24. The predicted octanol–water partition coefficient (Wildman–Crippen LogP) is 0.222. The van der Waals surface area contributed by atoms with Crippen molar-refractivity contribution in [3.05, 3.63) is 0 Å². The molecule has 0 rings (SSSR count). The Kier molecular flexibility index (Phi) is 5.41. The third kappa shape index (κ3) is 5.88. The topological polar surface area (TPSA) is 78.5 Å². The van der Waals surface area contributed by atoms with Gasteiger partial charge >= 0.3 is 6.03 Å². The molecule has 0 aliphatic carbocycles. The minimum absolute atomic E-state index is 0.231. The van der Waals surface area contributed by atoms with Crippen LogP contribution in [0.3, 0.4) is 0 Å². The van der Waals surface area contributed by atoms with E-state index in [9.17, 15) is 13.2 Å². The molecule has 2 N–H and O–H groups in total. The molecule has 2 amide bonds. The van der Waals surface area contributed by atoms with Crippen LogP contribution in [0.15, 0.2) is 0 Å². The number of rotatable bonds is 4. The predicted molar refractivity (Wildman–Crippen MR) is 68.3 cm³/mol. The third-order valence-electron chi connectivity index (χ3n) is 2.58. The standard InChI is InChI=1S/C10H23N3O3S/c1-10(2,3)8(12-9(14)11-4)7-13(5)17(6,15)16/h8H,7H2,1-6H3,(H2,11,12,14). The van der Waals surface area contributed by atoms with E-state index in [0.717, 1.165) is 6.26 Å². The average Bonchev–Trinajstić information content (AvgIpc) is 2.13. The maximum Gasteiger partial charge on any atom is 0.314 e. The average molecular weight is 265 g/mol. The van der Waals surface area contributed by atoms with Crippen molar-refractivity contribution in [3.63, 3.8) is 0 Å². The molecule has 0 aliphatic rings. The molecule has 1 atom stereocenters. The summed E-state index contributed by atoms with van der Waals surface area (Å²) in [5.41, 5.74) is -0.231. The van der Waals surface area contributed by atoms with Crippen LogP contribution in [0.4, 0.5) is 4.79 Å². The molecule has 17 heavy (non-hydrogen) atoms. The highest BCUT2D eigenvalue weighted by Crippen LogP contribution is 2.20. The number of hydrogen-bond donors (Lipinski definition) is 2.